The second-order valence-electron chi connectivity index (χ2n) is 4.89. The molecular formula is C15H24N2O2. The lowest BCUT2D eigenvalue weighted by molar-refractivity contribution is 0.0117. The number of nitrogens with zero attached hydrogens (tertiary/aromatic N) is 1. The molecule has 4 nitrogen and oxygen atoms in total. The van der Waals surface area contributed by atoms with Gasteiger partial charge in [-0.05, 0) is 17.5 Å². The van der Waals surface area contributed by atoms with E-state index in [9.17, 15) is 0 Å². The maximum Gasteiger partial charge on any atom is 0.0954 e. The SMILES string of the molecule is COCCN(CCN)CC1OCCc2ccccc21. The second kappa shape index (κ2) is 7.60. The van der Waals surface area contributed by atoms with Crippen molar-refractivity contribution in [3.8, 4) is 0 Å². The van der Waals surface area contributed by atoms with Crippen LogP contribution in [0.5, 0.6) is 0 Å². The molecule has 0 bridgehead atoms. The zero-order valence-electron chi connectivity index (χ0n) is 11.7. The van der Waals surface area contributed by atoms with E-state index in [0.29, 0.717) is 6.54 Å². The van der Waals surface area contributed by atoms with Gasteiger partial charge in [-0.3, -0.25) is 4.90 Å². The molecule has 1 unspecified atom stereocenters. The summed E-state index contributed by atoms with van der Waals surface area (Å²) in [7, 11) is 1.73. The average molecular weight is 264 g/mol. The second-order valence-corrected chi connectivity index (χ2v) is 4.89. The van der Waals surface area contributed by atoms with Gasteiger partial charge in [-0.15, -0.1) is 0 Å². The van der Waals surface area contributed by atoms with Gasteiger partial charge < -0.3 is 15.2 Å². The first-order valence-electron chi connectivity index (χ1n) is 6.96. The fraction of sp³-hybridized carbons (Fsp3) is 0.600. The van der Waals surface area contributed by atoms with E-state index in [1.807, 2.05) is 0 Å². The van der Waals surface area contributed by atoms with Crippen LogP contribution < -0.4 is 5.73 Å². The number of hydrogen-bond donors (Lipinski definition) is 1. The Labute approximate surface area is 115 Å². The van der Waals surface area contributed by atoms with Crippen molar-refractivity contribution in [3.05, 3.63) is 35.4 Å². The van der Waals surface area contributed by atoms with Gasteiger partial charge in [0, 0.05) is 33.3 Å². The van der Waals surface area contributed by atoms with Gasteiger partial charge in [-0.25, -0.2) is 0 Å². The average Bonchev–Trinajstić information content (AvgIpc) is 2.45. The molecule has 1 aliphatic rings. The highest BCUT2D eigenvalue weighted by atomic mass is 16.5. The number of ether oxygens (including phenoxy) is 2. The molecule has 0 saturated heterocycles. The Bertz CT molecular complexity index is 384. The quantitative estimate of drug-likeness (QED) is 0.804. The van der Waals surface area contributed by atoms with E-state index >= 15 is 0 Å². The van der Waals surface area contributed by atoms with E-state index < -0.39 is 0 Å². The van der Waals surface area contributed by atoms with Crippen molar-refractivity contribution in [1.29, 1.82) is 0 Å². The maximum absolute atomic E-state index is 5.94. The highest BCUT2D eigenvalue weighted by Crippen LogP contribution is 2.27. The van der Waals surface area contributed by atoms with Crippen molar-refractivity contribution in [2.75, 3.05) is 46.5 Å². The smallest absolute Gasteiger partial charge is 0.0954 e. The van der Waals surface area contributed by atoms with Gasteiger partial charge in [0.2, 0.25) is 0 Å². The first-order chi connectivity index (χ1) is 9.35. The summed E-state index contributed by atoms with van der Waals surface area (Å²) in [5.74, 6) is 0. The summed E-state index contributed by atoms with van der Waals surface area (Å²) in [4.78, 5) is 2.32. The van der Waals surface area contributed by atoms with Gasteiger partial charge in [0.25, 0.3) is 0 Å². The number of methoxy groups -OCH3 is 1. The zero-order chi connectivity index (χ0) is 13.5. The lowest BCUT2D eigenvalue weighted by atomic mass is 9.97. The maximum atomic E-state index is 5.94. The standard InChI is InChI=1S/C15H24N2O2/c1-18-11-9-17(8-7-16)12-15-14-5-3-2-4-13(14)6-10-19-15/h2-5,15H,6-12,16H2,1H3. The third kappa shape index (κ3) is 4.01. The molecule has 0 saturated carbocycles. The molecule has 1 aromatic carbocycles. The van der Waals surface area contributed by atoms with Gasteiger partial charge in [0.15, 0.2) is 0 Å². The normalized spacial score (nSPS) is 18.6. The Hall–Kier alpha value is -0.940. The highest BCUT2D eigenvalue weighted by molar-refractivity contribution is 5.31. The molecule has 4 heteroatoms. The predicted molar refractivity (Wildman–Crippen MR) is 76.2 cm³/mol. The Morgan fingerprint density at radius 2 is 2.21 bits per heavy atom. The fourth-order valence-corrected chi connectivity index (χ4v) is 2.56. The van der Waals surface area contributed by atoms with Crippen molar-refractivity contribution >= 4 is 0 Å². The fourth-order valence-electron chi connectivity index (χ4n) is 2.56. The number of benzene rings is 1. The molecular weight excluding hydrogens is 240 g/mol. The topological polar surface area (TPSA) is 47.7 Å². The molecule has 0 aromatic heterocycles. The van der Waals surface area contributed by atoms with Gasteiger partial charge in [-0.2, -0.15) is 0 Å². The van der Waals surface area contributed by atoms with Crippen LogP contribution in [0.25, 0.3) is 0 Å². The van der Waals surface area contributed by atoms with Crippen LogP contribution in [0, 0.1) is 0 Å². The van der Waals surface area contributed by atoms with Crippen molar-refractivity contribution < 1.29 is 9.47 Å². The molecule has 106 valence electrons. The molecule has 0 spiro atoms. The van der Waals surface area contributed by atoms with Gasteiger partial charge in [-0.1, -0.05) is 24.3 Å². The van der Waals surface area contributed by atoms with Crippen LogP contribution in [-0.2, 0) is 15.9 Å². The molecule has 1 aliphatic heterocycles. The number of nitrogens with two attached hydrogens (primary N) is 1. The predicted octanol–water partition coefficient (Wildman–Crippen LogP) is 1.21. The van der Waals surface area contributed by atoms with Crippen LogP contribution >= 0.6 is 0 Å². The molecule has 19 heavy (non-hydrogen) atoms. The number of hydrogen-bond acceptors (Lipinski definition) is 4. The molecule has 0 amide bonds. The van der Waals surface area contributed by atoms with Crippen molar-refractivity contribution in [2.24, 2.45) is 5.73 Å². The molecule has 1 aromatic rings. The number of fused-ring (bicyclic) bond motifs is 1. The van der Waals surface area contributed by atoms with E-state index in [4.69, 9.17) is 15.2 Å². The summed E-state index contributed by atoms with van der Waals surface area (Å²) < 4.78 is 11.1. The van der Waals surface area contributed by atoms with Crippen LogP contribution in [0.15, 0.2) is 24.3 Å². The van der Waals surface area contributed by atoms with Crippen LogP contribution in [0.2, 0.25) is 0 Å². The zero-order valence-corrected chi connectivity index (χ0v) is 11.7. The monoisotopic (exact) mass is 264 g/mol. The van der Waals surface area contributed by atoms with Gasteiger partial charge in [0.1, 0.15) is 0 Å². The summed E-state index contributed by atoms with van der Waals surface area (Å²) >= 11 is 0. The minimum atomic E-state index is 0.161. The first kappa shape index (κ1) is 14.5. The third-order valence-corrected chi connectivity index (χ3v) is 3.57. The van der Waals surface area contributed by atoms with Gasteiger partial charge >= 0.3 is 0 Å². The van der Waals surface area contributed by atoms with Crippen LogP contribution in [0.1, 0.15) is 17.2 Å². The van der Waals surface area contributed by atoms with Crippen molar-refractivity contribution in [1.82, 2.24) is 4.90 Å². The Balaban J connectivity index is 2.01. The summed E-state index contributed by atoms with van der Waals surface area (Å²) in [6, 6.07) is 8.57. The van der Waals surface area contributed by atoms with Crippen molar-refractivity contribution in [2.45, 2.75) is 12.5 Å². The Kier molecular flexibility index (Phi) is 5.79. The summed E-state index contributed by atoms with van der Waals surface area (Å²) in [5, 5.41) is 0. The molecule has 1 atom stereocenters. The van der Waals surface area contributed by atoms with Crippen LogP contribution in [0.4, 0.5) is 0 Å². The highest BCUT2D eigenvalue weighted by Gasteiger charge is 2.22. The molecule has 2 N–H and O–H groups in total. The first-order valence-corrected chi connectivity index (χ1v) is 6.96. The molecule has 0 aliphatic carbocycles. The lowest BCUT2D eigenvalue weighted by Crippen LogP contribution is -2.37. The summed E-state index contributed by atoms with van der Waals surface area (Å²) in [6.45, 7) is 4.87. The van der Waals surface area contributed by atoms with Crippen LogP contribution in [-0.4, -0.2) is 51.4 Å². The van der Waals surface area contributed by atoms with Crippen molar-refractivity contribution in [3.63, 3.8) is 0 Å². The minimum Gasteiger partial charge on any atom is -0.383 e. The van der Waals surface area contributed by atoms with E-state index in [1.165, 1.54) is 11.1 Å². The Morgan fingerprint density at radius 1 is 1.37 bits per heavy atom. The van der Waals surface area contributed by atoms with E-state index in [-0.39, 0.29) is 6.10 Å². The molecule has 0 radical (unpaired) electrons. The molecule has 2 rings (SSSR count). The third-order valence-electron chi connectivity index (χ3n) is 3.57. The van der Waals surface area contributed by atoms with E-state index in [2.05, 4.69) is 29.2 Å². The van der Waals surface area contributed by atoms with Gasteiger partial charge in [0.05, 0.1) is 19.3 Å². The number of rotatable bonds is 7. The Morgan fingerprint density at radius 3 is 3.00 bits per heavy atom. The lowest BCUT2D eigenvalue weighted by Gasteiger charge is -2.31. The molecule has 0 fully saturated rings. The molecule has 1 heterocycles. The summed E-state index contributed by atoms with van der Waals surface area (Å²) in [6.07, 6.45) is 1.18. The van der Waals surface area contributed by atoms with E-state index in [0.717, 1.165) is 39.3 Å². The minimum absolute atomic E-state index is 0.161. The van der Waals surface area contributed by atoms with Crippen LogP contribution in [0.3, 0.4) is 0 Å². The summed E-state index contributed by atoms with van der Waals surface area (Å²) in [5.41, 5.74) is 8.42. The van der Waals surface area contributed by atoms with E-state index in [1.54, 1.807) is 7.11 Å². The largest absolute Gasteiger partial charge is 0.383 e.